The predicted molar refractivity (Wildman–Crippen MR) is 137 cm³/mol. The van der Waals surface area contributed by atoms with Gasteiger partial charge in [-0.15, -0.1) is 34.2 Å². The molecule has 2 heterocycles. The standard InChI is InChI=1S/C21H33N7S.HI/c1-18-24-25-20(26(18)2)16-23-21(22-10-7-15-29-3)28-13-11-27(12-14-28)17-19-8-5-4-6-9-19;/h4-6,8-9H,7,10-17H2,1-3H3,(H,22,23);1H. The van der Waals surface area contributed by atoms with Gasteiger partial charge in [-0.1, -0.05) is 30.3 Å². The summed E-state index contributed by atoms with van der Waals surface area (Å²) < 4.78 is 2.01. The first-order valence-electron chi connectivity index (χ1n) is 10.3. The van der Waals surface area contributed by atoms with Crippen LogP contribution in [0.25, 0.3) is 0 Å². The lowest BCUT2D eigenvalue weighted by molar-refractivity contribution is 0.172. The minimum Gasteiger partial charge on any atom is -0.356 e. The summed E-state index contributed by atoms with van der Waals surface area (Å²) in [5.41, 5.74) is 1.38. The second kappa shape index (κ2) is 13.2. The van der Waals surface area contributed by atoms with Gasteiger partial charge in [0.2, 0.25) is 0 Å². The lowest BCUT2D eigenvalue weighted by Gasteiger charge is -2.36. The average molecular weight is 544 g/mol. The number of hydrogen-bond acceptors (Lipinski definition) is 5. The highest BCUT2D eigenvalue weighted by Crippen LogP contribution is 2.09. The summed E-state index contributed by atoms with van der Waals surface area (Å²) in [5, 5.41) is 12.0. The van der Waals surface area contributed by atoms with Gasteiger partial charge in [-0.2, -0.15) is 11.8 Å². The van der Waals surface area contributed by atoms with Crippen LogP contribution in [-0.4, -0.2) is 75.3 Å². The molecule has 1 aliphatic rings. The van der Waals surface area contributed by atoms with Crippen molar-refractivity contribution >= 4 is 41.7 Å². The molecule has 0 aliphatic carbocycles. The maximum atomic E-state index is 4.88. The number of piperazine rings is 1. The number of benzene rings is 1. The molecule has 1 saturated heterocycles. The zero-order valence-electron chi connectivity index (χ0n) is 18.3. The van der Waals surface area contributed by atoms with Crippen LogP contribution < -0.4 is 5.32 Å². The fourth-order valence-corrected chi connectivity index (χ4v) is 3.81. The van der Waals surface area contributed by atoms with Gasteiger partial charge in [0, 0.05) is 46.3 Å². The van der Waals surface area contributed by atoms with Crippen molar-refractivity contribution in [1.29, 1.82) is 0 Å². The van der Waals surface area contributed by atoms with Crippen LogP contribution in [0.2, 0.25) is 0 Å². The highest BCUT2D eigenvalue weighted by molar-refractivity contribution is 14.0. The van der Waals surface area contributed by atoms with E-state index in [-0.39, 0.29) is 24.0 Å². The number of guanidine groups is 1. The van der Waals surface area contributed by atoms with Gasteiger partial charge in [0.25, 0.3) is 0 Å². The molecule has 0 saturated carbocycles. The van der Waals surface area contributed by atoms with Gasteiger partial charge in [-0.25, -0.2) is 4.99 Å². The van der Waals surface area contributed by atoms with Crippen LogP contribution in [0.5, 0.6) is 0 Å². The number of hydrogen-bond donors (Lipinski definition) is 1. The molecule has 0 amide bonds. The summed E-state index contributed by atoms with van der Waals surface area (Å²) in [7, 11) is 1.99. The van der Waals surface area contributed by atoms with Gasteiger partial charge in [0.15, 0.2) is 11.8 Å². The fraction of sp³-hybridized carbons (Fsp3) is 0.571. The lowest BCUT2D eigenvalue weighted by Crippen LogP contribution is -2.52. The van der Waals surface area contributed by atoms with Gasteiger partial charge in [0.1, 0.15) is 12.4 Å². The van der Waals surface area contributed by atoms with E-state index in [1.54, 1.807) is 0 Å². The number of aryl methyl sites for hydroxylation is 1. The first-order valence-corrected chi connectivity index (χ1v) is 11.7. The molecule has 1 aromatic carbocycles. The fourth-order valence-electron chi connectivity index (χ4n) is 3.38. The third kappa shape index (κ3) is 7.42. The van der Waals surface area contributed by atoms with Gasteiger partial charge in [-0.05, 0) is 30.9 Å². The minimum absolute atomic E-state index is 0. The van der Waals surface area contributed by atoms with Gasteiger partial charge in [-0.3, -0.25) is 4.90 Å². The molecule has 1 fully saturated rings. The first kappa shape index (κ1) is 24.9. The van der Waals surface area contributed by atoms with Crippen LogP contribution in [0.4, 0.5) is 0 Å². The minimum atomic E-state index is 0. The SMILES string of the molecule is CSCCCNC(=NCc1nnc(C)n1C)N1CCN(Cc2ccccc2)CC1.I. The maximum absolute atomic E-state index is 4.88. The van der Waals surface area contributed by atoms with E-state index in [2.05, 4.69) is 61.9 Å². The number of aliphatic imine (C=N–C) groups is 1. The van der Waals surface area contributed by atoms with E-state index in [4.69, 9.17) is 4.99 Å². The van der Waals surface area contributed by atoms with Crippen molar-refractivity contribution in [3.8, 4) is 0 Å². The lowest BCUT2D eigenvalue weighted by atomic mass is 10.2. The molecule has 0 bridgehead atoms. The number of aromatic nitrogens is 3. The normalized spacial score (nSPS) is 15.2. The molecule has 7 nitrogen and oxygen atoms in total. The van der Waals surface area contributed by atoms with Crippen LogP contribution in [-0.2, 0) is 20.1 Å². The molecule has 166 valence electrons. The Hall–Kier alpha value is -1.33. The molecule has 2 aromatic rings. The zero-order valence-corrected chi connectivity index (χ0v) is 21.4. The van der Waals surface area contributed by atoms with Gasteiger partial charge >= 0.3 is 0 Å². The predicted octanol–water partition coefficient (Wildman–Crippen LogP) is 2.76. The van der Waals surface area contributed by atoms with E-state index < -0.39 is 0 Å². The Labute approximate surface area is 201 Å². The highest BCUT2D eigenvalue weighted by atomic mass is 127. The van der Waals surface area contributed by atoms with Crippen molar-refractivity contribution in [2.24, 2.45) is 12.0 Å². The molecule has 1 aliphatic heterocycles. The third-order valence-electron chi connectivity index (χ3n) is 5.28. The average Bonchev–Trinajstić information content (AvgIpc) is 3.07. The van der Waals surface area contributed by atoms with Crippen LogP contribution in [0, 0.1) is 6.92 Å². The van der Waals surface area contributed by atoms with E-state index >= 15 is 0 Å². The molecular formula is C21H34IN7S. The molecule has 9 heteroatoms. The molecule has 0 atom stereocenters. The van der Waals surface area contributed by atoms with E-state index in [0.29, 0.717) is 6.54 Å². The van der Waals surface area contributed by atoms with Gasteiger partial charge < -0.3 is 14.8 Å². The number of halogens is 1. The van der Waals surface area contributed by atoms with Crippen LogP contribution in [0.1, 0.15) is 23.6 Å². The monoisotopic (exact) mass is 543 g/mol. The van der Waals surface area contributed by atoms with E-state index in [0.717, 1.165) is 69.1 Å². The Balaban J connectivity index is 0.00000320. The molecular weight excluding hydrogens is 509 g/mol. The van der Waals surface area contributed by atoms with E-state index in [9.17, 15) is 0 Å². The summed E-state index contributed by atoms with van der Waals surface area (Å²) in [6.45, 7) is 8.54. The Kier molecular flexibility index (Phi) is 10.9. The van der Waals surface area contributed by atoms with Crippen molar-refractivity contribution in [3.63, 3.8) is 0 Å². The zero-order chi connectivity index (χ0) is 20.5. The molecule has 0 radical (unpaired) electrons. The molecule has 0 spiro atoms. The molecule has 1 N–H and O–H groups in total. The van der Waals surface area contributed by atoms with Crippen molar-refractivity contribution in [2.75, 3.05) is 44.7 Å². The number of nitrogens with zero attached hydrogens (tertiary/aromatic N) is 6. The molecule has 1 aromatic heterocycles. The van der Waals surface area contributed by atoms with E-state index in [1.165, 1.54) is 5.56 Å². The number of rotatable bonds is 8. The van der Waals surface area contributed by atoms with Crippen molar-refractivity contribution in [3.05, 3.63) is 47.5 Å². The summed E-state index contributed by atoms with van der Waals surface area (Å²) in [6.07, 6.45) is 3.29. The van der Waals surface area contributed by atoms with Crippen LogP contribution in [0.3, 0.4) is 0 Å². The second-order valence-electron chi connectivity index (χ2n) is 7.38. The quantitative estimate of drug-likeness (QED) is 0.239. The second-order valence-corrected chi connectivity index (χ2v) is 8.37. The Morgan fingerprint density at radius 2 is 1.87 bits per heavy atom. The molecule has 30 heavy (non-hydrogen) atoms. The number of thioether (sulfide) groups is 1. The van der Waals surface area contributed by atoms with Gasteiger partial charge in [0.05, 0.1) is 0 Å². The summed E-state index contributed by atoms with van der Waals surface area (Å²) in [6, 6.07) is 10.7. The van der Waals surface area contributed by atoms with Crippen molar-refractivity contribution in [1.82, 2.24) is 29.9 Å². The highest BCUT2D eigenvalue weighted by Gasteiger charge is 2.20. The largest absolute Gasteiger partial charge is 0.356 e. The van der Waals surface area contributed by atoms with Crippen LogP contribution >= 0.6 is 35.7 Å². The van der Waals surface area contributed by atoms with E-state index in [1.807, 2.05) is 30.3 Å². The topological polar surface area (TPSA) is 61.6 Å². The first-order chi connectivity index (χ1) is 14.2. The maximum Gasteiger partial charge on any atom is 0.194 e. The third-order valence-corrected chi connectivity index (χ3v) is 5.98. The number of nitrogens with one attached hydrogen (secondary N) is 1. The summed E-state index contributed by atoms with van der Waals surface area (Å²) >= 11 is 1.88. The summed E-state index contributed by atoms with van der Waals surface area (Å²) in [5.74, 6) is 3.96. The summed E-state index contributed by atoms with van der Waals surface area (Å²) in [4.78, 5) is 9.78. The van der Waals surface area contributed by atoms with Crippen molar-refractivity contribution < 1.29 is 0 Å². The Bertz CT molecular complexity index is 773. The molecule has 3 rings (SSSR count). The Morgan fingerprint density at radius 1 is 1.13 bits per heavy atom. The Morgan fingerprint density at radius 3 is 2.50 bits per heavy atom. The molecule has 0 unspecified atom stereocenters. The van der Waals surface area contributed by atoms with Crippen molar-refractivity contribution in [2.45, 2.75) is 26.4 Å². The smallest absolute Gasteiger partial charge is 0.194 e. The van der Waals surface area contributed by atoms with Crippen LogP contribution in [0.15, 0.2) is 35.3 Å².